The average Bonchev–Trinajstić information content (AvgIpc) is 3.27. The number of nitrogens with zero attached hydrogens (tertiary/aromatic N) is 1. The van der Waals surface area contributed by atoms with Gasteiger partial charge in [0.1, 0.15) is 6.10 Å². The van der Waals surface area contributed by atoms with Crippen LogP contribution in [0.5, 0.6) is 0 Å². The molecule has 4 atom stereocenters. The standard InChI is InChI=1S/C25H34N2O5/c1-18-16-26-24(30)20(15-23(29)27-13-7-12-22(27)17-28)10-5-6-11-21(25(31)32-18)14-19-8-3-2-4-9-19/h2-6,8-9,18,20-22,28H,7,10-17H2,1H3,(H,26,30). The zero-order valence-corrected chi connectivity index (χ0v) is 18.7. The molecule has 174 valence electrons. The molecule has 1 fully saturated rings. The van der Waals surface area contributed by atoms with Crippen molar-refractivity contribution in [2.45, 2.75) is 57.6 Å². The van der Waals surface area contributed by atoms with E-state index in [4.69, 9.17) is 4.74 Å². The van der Waals surface area contributed by atoms with Crippen molar-refractivity contribution in [2.75, 3.05) is 19.7 Å². The Kier molecular flexibility index (Phi) is 8.85. The maximum atomic E-state index is 12.8. The number of rotatable bonds is 5. The van der Waals surface area contributed by atoms with Gasteiger partial charge in [-0.25, -0.2) is 0 Å². The largest absolute Gasteiger partial charge is 0.461 e. The lowest BCUT2D eigenvalue weighted by Gasteiger charge is -2.26. The molecule has 3 rings (SSSR count). The molecule has 2 heterocycles. The van der Waals surface area contributed by atoms with Crippen LogP contribution < -0.4 is 5.32 Å². The van der Waals surface area contributed by atoms with Gasteiger partial charge in [-0.15, -0.1) is 0 Å². The molecule has 7 nitrogen and oxygen atoms in total. The normalized spacial score (nSPS) is 27.2. The quantitative estimate of drug-likeness (QED) is 0.539. The Morgan fingerprint density at radius 1 is 1.16 bits per heavy atom. The molecule has 32 heavy (non-hydrogen) atoms. The molecule has 2 aliphatic heterocycles. The van der Waals surface area contributed by atoms with Crippen molar-refractivity contribution in [1.82, 2.24) is 10.2 Å². The van der Waals surface area contributed by atoms with Crippen LogP contribution >= 0.6 is 0 Å². The van der Waals surface area contributed by atoms with E-state index in [0.29, 0.717) is 25.8 Å². The summed E-state index contributed by atoms with van der Waals surface area (Å²) in [4.78, 5) is 40.0. The third-order valence-electron chi connectivity index (χ3n) is 6.25. The number of hydrogen-bond acceptors (Lipinski definition) is 5. The van der Waals surface area contributed by atoms with E-state index in [1.807, 2.05) is 42.5 Å². The Labute approximate surface area is 189 Å². The second-order valence-corrected chi connectivity index (χ2v) is 8.79. The van der Waals surface area contributed by atoms with Crippen LogP contribution in [0.4, 0.5) is 0 Å². The summed E-state index contributed by atoms with van der Waals surface area (Å²) in [6.07, 6.45) is 6.65. The fourth-order valence-corrected chi connectivity index (χ4v) is 4.37. The molecule has 0 aliphatic carbocycles. The summed E-state index contributed by atoms with van der Waals surface area (Å²) in [5, 5.41) is 12.3. The number of benzene rings is 1. The smallest absolute Gasteiger partial charge is 0.309 e. The summed E-state index contributed by atoms with van der Waals surface area (Å²) < 4.78 is 5.59. The highest BCUT2D eigenvalue weighted by atomic mass is 16.5. The summed E-state index contributed by atoms with van der Waals surface area (Å²) >= 11 is 0. The van der Waals surface area contributed by atoms with Crippen molar-refractivity contribution in [3.05, 3.63) is 48.0 Å². The van der Waals surface area contributed by atoms with Crippen LogP contribution in [0.25, 0.3) is 0 Å². The van der Waals surface area contributed by atoms with Crippen molar-refractivity contribution in [3.63, 3.8) is 0 Å². The highest BCUT2D eigenvalue weighted by Crippen LogP contribution is 2.22. The molecule has 0 bridgehead atoms. The summed E-state index contributed by atoms with van der Waals surface area (Å²) in [6.45, 7) is 2.55. The first kappa shape index (κ1) is 24.0. The van der Waals surface area contributed by atoms with E-state index in [1.54, 1.807) is 11.8 Å². The SMILES string of the molecule is CC1CNC(=O)C(CC(=O)N2CCCC2CO)CC=CCC(Cc2ccccc2)C(=O)O1. The van der Waals surface area contributed by atoms with Crippen LogP contribution in [0.15, 0.2) is 42.5 Å². The fraction of sp³-hybridized carbons (Fsp3) is 0.560. The second-order valence-electron chi connectivity index (χ2n) is 8.79. The second kappa shape index (κ2) is 11.8. The van der Waals surface area contributed by atoms with Crippen molar-refractivity contribution in [3.8, 4) is 0 Å². The molecule has 0 saturated carbocycles. The highest BCUT2D eigenvalue weighted by Gasteiger charge is 2.31. The molecule has 1 aromatic rings. The third-order valence-corrected chi connectivity index (χ3v) is 6.25. The highest BCUT2D eigenvalue weighted by molar-refractivity contribution is 5.86. The molecule has 4 unspecified atom stereocenters. The molecule has 0 spiro atoms. The first-order chi connectivity index (χ1) is 15.5. The lowest BCUT2D eigenvalue weighted by Crippen LogP contribution is -2.42. The van der Waals surface area contributed by atoms with Gasteiger partial charge in [-0.3, -0.25) is 14.4 Å². The Balaban J connectivity index is 1.68. The number of carbonyl (C=O) groups is 3. The number of aliphatic hydroxyl groups excluding tert-OH is 1. The zero-order chi connectivity index (χ0) is 22.9. The molecule has 7 heteroatoms. The molecule has 0 aromatic heterocycles. The summed E-state index contributed by atoms with van der Waals surface area (Å²) in [5.41, 5.74) is 1.07. The van der Waals surface area contributed by atoms with Crippen LogP contribution in [0.1, 0.15) is 44.6 Å². The minimum Gasteiger partial charge on any atom is -0.461 e. The molecule has 1 aromatic carbocycles. The lowest BCUT2D eigenvalue weighted by molar-refractivity contribution is -0.153. The first-order valence-corrected chi connectivity index (χ1v) is 11.6. The Hall–Kier alpha value is -2.67. The first-order valence-electron chi connectivity index (χ1n) is 11.6. The van der Waals surface area contributed by atoms with Crippen molar-refractivity contribution in [1.29, 1.82) is 0 Å². The van der Waals surface area contributed by atoms with E-state index in [-0.39, 0.29) is 49.3 Å². The lowest BCUT2D eigenvalue weighted by atomic mass is 9.94. The van der Waals surface area contributed by atoms with Gasteiger partial charge < -0.3 is 20.1 Å². The third kappa shape index (κ3) is 6.66. The molecular formula is C25H34N2O5. The van der Waals surface area contributed by atoms with E-state index in [0.717, 1.165) is 18.4 Å². The molecule has 2 N–H and O–H groups in total. The van der Waals surface area contributed by atoms with Gasteiger partial charge in [-0.2, -0.15) is 0 Å². The van der Waals surface area contributed by atoms with E-state index < -0.39 is 12.0 Å². The van der Waals surface area contributed by atoms with Crippen LogP contribution in [0.2, 0.25) is 0 Å². The Bertz CT molecular complexity index is 810. The van der Waals surface area contributed by atoms with Gasteiger partial charge >= 0.3 is 5.97 Å². The van der Waals surface area contributed by atoms with Gasteiger partial charge in [0.05, 0.1) is 31.0 Å². The van der Waals surface area contributed by atoms with Crippen LogP contribution in [-0.2, 0) is 25.5 Å². The number of ether oxygens (including phenoxy) is 1. The molecule has 1 saturated heterocycles. The van der Waals surface area contributed by atoms with E-state index in [1.165, 1.54) is 0 Å². The monoisotopic (exact) mass is 442 g/mol. The van der Waals surface area contributed by atoms with E-state index >= 15 is 0 Å². The topological polar surface area (TPSA) is 95.9 Å². The summed E-state index contributed by atoms with van der Waals surface area (Å²) in [6, 6.07) is 9.69. The number of cyclic esters (lactones) is 1. The van der Waals surface area contributed by atoms with Gasteiger partial charge in [0, 0.05) is 13.0 Å². The van der Waals surface area contributed by atoms with Crippen LogP contribution in [0, 0.1) is 11.8 Å². The zero-order valence-electron chi connectivity index (χ0n) is 18.7. The minimum atomic E-state index is -0.492. The van der Waals surface area contributed by atoms with Gasteiger partial charge in [-0.1, -0.05) is 42.5 Å². The average molecular weight is 443 g/mol. The molecular weight excluding hydrogens is 408 g/mol. The molecule has 0 radical (unpaired) electrons. The van der Waals surface area contributed by atoms with Crippen molar-refractivity contribution < 1.29 is 24.2 Å². The van der Waals surface area contributed by atoms with E-state index in [2.05, 4.69) is 5.32 Å². The number of allylic oxidation sites excluding steroid dienone is 2. The van der Waals surface area contributed by atoms with E-state index in [9.17, 15) is 19.5 Å². The number of carbonyl (C=O) groups excluding carboxylic acids is 3. The van der Waals surface area contributed by atoms with Gasteiger partial charge in [0.2, 0.25) is 11.8 Å². The number of likely N-dealkylation sites (tertiary alicyclic amines) is 1. The van der Waals surface area contributed by atoms with Crippen LogP contribution in [0.3, 0.4) is 0 Å². The molecule has 2 aliphatic rings. The Morgan fingerprint density at radius 2 is 1.88 bits per heavy atom. The fourth-order valence-electron chi connectivity index (χ4n) is 4.37. The van der Waals surface area contributed by atoms with Crippen LogP contribution in [-0.4, -0.2) is 59.6 Å². The van der Waals surface area contributed by atoms with Gasteiger partial charge in [0.25, 0.3) is 0 Å². The Morgan fingerprint density at radius 3 is 2.59 bits per heavy atom. The van der Waals surface area contributed by atoms with Gasteiger partial charge in [-0.05, 0) is 44.6 Å². The molecule has 2 amide bonds. The maximum absolute atomic E-state index is 12.8. The summed E-state index contributed by atoms with van der Waals surface area (Å²) in [7, 11) is 0. The number of esters is 1. The van der Waals surface area contributed by atoms with Crippen molar-refractivity contribution in [2.24, 2.45) is 11.8 Å². The van der Waals surface area contributed by atoms with Gasteiger partial charge in [0.15, 0.2) is 0 Å². The number of aliphatic hydroxyl groups is 1. The number of nitrogens with one attached hydrogen (secondary N) is 1. The predicted molar refractivity (Wildman–Crippen MR) is 121 cm³/mol. The predicted octanol–water partition coefficient (Wildman–Crippen LogP) is 2.23. The minimum absolute atomic E-state index is 0.0474. The maximum Gasteiger partial charge on any atom is 0.309 e. The number of hydrogen-bond donors (Lipinski definition) is 2. The number of amides is 2. The summed E-state index contributed by atoms with van der Waals surface area (Å²) in [5.74, 6) is -1.37. The van der Waals surface area contributed by atoms with Crippen molar-refractivity contribution >= 4 is 17.8 Å².